The number of rotatable bonds is 4. The Morgan fingerprint density at radius 2 is 1.65 bits per heavy atom. The average Bonchev–Trinajstić information content (AvgIpc) is 3.04. The van der Waals surface area contributed by atoms with Gasteiger partial charge in [-0.2, -0.15) is 0 Å². The molecule has 2 aromatic rings. The fraction of sp³-hybridized carbons (Fsp3) is 0.444. The quantitative estimate of drug-likeness (QED) is 0.490. The number of aliphatic imine (C=N–C) groups is 1. The molecule has 0 unspecified atom stereocenters. The van der Waals surface area contributed by atoms with E-state index in [1.807, 2.05) is 11.8 Å². The molecule has 2 aromatic carbocycles. The zero-order valence-electron chi connectivity index (χ0n) is 19.9. The smallest absolute Gasteiger partial charge is 0.335 e. The van der Waals surface area contributed by atoms with Crippen LogP contribution in [0.4, 0.5) is 0 Å². The SMILES string of the molecule is C[C@H](c1ccc(C(=O)O)cc1)N1C(=O)C(c2cc(Cl)cc(Cl)c2)=NC12CCC(C(C)(C)C)CC2. The average molecular weight is 501 g/mol. The summed E-state index contributed by atoms with van der Waals surface area (Å²) < 4.78 is 0. The minimum atomic E-state index is -0.975. The molecule has 180 valence electrons. The van der Waals surface area contributed by atoms with Gasteiger partial charge in [-0.3, -0.25) is 9.79 Å². The maximum atomic E-state index is 13.9. The third kappa shape index (κ3) is 4.60. The van der Waals surface area contributed by atoms with Gasteiger partial charge in [-0.05, 0) is 79.8 Å². The summed E-state index contributed by atoms with van der Waals surface area (Å²) in [4.78, 5) is 32.2. The van der Waals surface area contributed by atoms with E-state index in [1.165, 1.54) is 0 Å². The van der Waals surface area contributed by atoms with Gasteiger partial charge in [0.25, 0.3) is 5.91 Å². The second kappa shape index (κ2) is 9.01. The first-order valence-electron chi connectivity index (χ1n) is 11.6. The van der Waals surface area contributed by atoms with E-state index >= 15 is 0 Å². The van der Waals surface area contributed by atoms with Crippen LogP contribution >= 0.6 is 23.2 Å². The van der Waals surface area contributed by atoms with Crippen LogP contribution in [0.5, 0.6) is 0 Å². The fourth-order valence-corrected chi connectivity index (χ4v) is 5.91. The minimum absolute atomic E-state index is 0.151. The van der Waals surface area contributed by atoms with E-state index in [4.69, 9.17) is 28.2 Å². The van der Waals surface area contributed by atoms with Crippen LogP contribution in [0.15, 0.2) is 47.5 Å². The lowest BCUT2D eigenvalue weighted by molar-refractivity contribution is -0.132. The van der Waals surface area contributed by atoms with Crippen LogP contribution in [0.1, 0.15) is 80.9 Å². The van der Waals surface area contributed by atoms with Crippen molar-refractivity contribution in [1.82, 2.24) is 4.90 Å². The standard InChI is InChI=1S/C27H30Cl2N2O3/c1-16(17-5-7-18(8-6-17)25(33)34)31-24(32)23(19-13-21(28)15-22(29)14-19)30-27(31)11-9-20(10-12-27)26(2,3)4/h5-8,13-16,20H,9-12H2,1-4H3,(H,33,34)/t16-,20?,27?/m1/s1. The van der Waals surface area contributed by atoms with Crippen molar-refractivity contribution in [3.05, 3.63) is 69.2 Å². The Kier molecular flexibility index (Phi) is 6.56. The highest BCUT2D eigenvalue weighted by Gasteiger charge is 2.52. The molecule has 1 aliphatic heterocycles. The van der Waals surface area contributed by atoms with Crippen LogP contribution in [0, 0.1) is 11.3 Å². The third-order valence-electron chi connectivity index (χ3n) is 7.36. The zero-order valence-corrected chi connectivity index (χ0v) is 21.5. The number of halogens is 2. The van der Waals surface area contributed by atoms with Crippen LogP contribution in [0.3, 0.4) is 0 Å². The van der Waals surface area contributed by atoms with Crippen LogP contribution in [0.25, 0.3) is 0 Å². The normalized spacial score (nSPS) is 23.8. The van der Waals surface area contributed by atoms with Gasteiger partial charge in [0, 0.05) is 15.6 Å². The predicted molar refractivity (Wildman–Crippen MR) is 136 cm³/mol. The maximum Gasteiger partial charge on any atom is 0.335 e. The molecule has 1 spiro atoms. The molecule has 1 atom stereocenters. The Morgan fingerprint density at radius 3 is 2.15 bits per heavy atom. The summed E-state index contributed by atoms with van der Waals surface area (Å²) in [5, 5.41) is 10.2. The van der Waals surface area contributed by atoms with Crippen molar-refractivity contribution in [3.8, 4) is 0 Å². The molecule has 7 heteroatoms. The summed E-state index contributed by atoms with van der Waals surface area (Å²) in [5.41, 5.74) is 1.64. The molecule has 0 radical (unpaired) electrons. The Hall–Kier alpha value is -2.37. The third-order valence-corrected chi connectivity index (χ3v) is 7.80. The molecule has 1 fully saturated rings. The number of hydrogen-bond acceptors (Lipinski definition) is 3. The Balaban J connectivity index is 1.74. The molecule has 34 heavy (non-hydrogen) atoms. The highest BCUT2D eigenvalue weighted by Crippen LogP contribution is 2.49. The summed E-state index contributed by atoms with van der Waals surface area (Å²) in [7, 11) is 0. The van der Waals surface area contributed by atoms with Gasteiger partial charge < -0.3 is 10.0 Å². The summed E-state index contributed by atoms with van der Waals surface area (Å²) in [5.74, 6) is -0.570. The highest BCUT2D eigenvalue weighted by molar-refractivity contribution is 6.47. The number of carboxylic acids is 1. The number of benzene rings is 2. The van der Waals surface area contributed by atoms with Gasteiger partial charge in [-0.25, -0.2) is 4.79 Å². The van der Waals surface area contributed by atoms with Gasteiger partial charge in [0.1, 0.15) is 11.4 Å². The highest BCUT2D eigenvalue weighted by atomic mass is 35.5. The number of carbonyl (C=O) groups excluding carboxylic acids is 1. The van der Waals surface area contributed by atoms with E-state index in [0.717, 1.165) is 31.2 Å². The van der Waals surface area contributed by atoms with Crippen LogP contribution in [-0.2, 0) is 4.79 Å². The topological polar surface area (TPSA) is 70.0 Å². The van der Waals surface area contributed by atoms with Crippen molar-refractivity contribution in [3.63, 3.8) is 0 Å². The number of aromatic carboxylic acids is 1. The molecule has 1 N–H and O–H groups in total. The molecule has 2 aliphatic rings. The first-order valence-corrected chi connectivity index (χ1v) is 12.4. The lowest BCUT2D eigenvalue weighted by atomic mass is 9.69. The van der Waals surface area contributed by atoms with Crippen molar-refractivity contribution in [2.75, 3.05) is 0 Å². The van der Waals surface area contributed by atoms with Gasteiger partial charge in [0.15, 0.2) is 0 Å². The molecule has 5 nitrogen and oxygen atoms in total. The van der Waals surface area contributed by atoms with Crippen molar-refractivity contribution >= 4 is 40.8 Å². The first kappa shape index (κ1) is 24.7. The van der Waals surface area contributed by atoms with Gasteiger partial charge >= 0.3 is 5.97 Å². The molecule has 1 amide bonds. The summed E-state index contributed by atoms with van der Waals surface area (Å²) in [6, 6.07) is 11.5. The van der Waals surface area contributed by atoms with Gasteiger partial charge in [-0.15, -0.1) is 0 Å². The van der Waals surface area contributed by atoms with Crippen LogP contribution in [-0.4, -0.2) is 33.3 Å². The second-order valence-corrected chi connectivity index (χ2v) is 11.4. The summed E-state index contributed by atoms with van der Waals surface area (Å²) in [6.45, 7) is 8.78. The number of amides is 1. The summed E-state index contributed by atoms with van der Waals surface area (Å²) >= 11 is 12.5. The molecular formula is C27H30Cl2N2O3. The minimum Gasteiger partial charge on any atom is -0.478 e. The Morgan fingerprint density at radius 1 is 1.09 bits per heavy atom. The van der Waals surface area contributed by atoms with Gasteiger partial charge in [-0.1, -0.05) is 56.1 Å². The lowest BCUT2D eigenvalue weighted by Crippen LogP contribution is -2.50. The number of nitrogens with zero attached hydrogens (tertiary/aromatic N) is 2. The molecular weight excluding hydrogens is 471 g/mol. The Labute approximate surface area is 210 Å². The predicted octanol–water partition coefficient (Wildman–Crippen LogP) is 7.02. The largest absolute Gasteiger partial charge is 0.478 e. The maximum absolute atomic E-state index is 13.9. The molecule has 0 aromatic heterocycles. The van der Waals surface area contributed by atoms with E-state index < -0.39 is 11.6 Å². The monoisotopic (exact) mass is 500 g/mol. The molecule has 4 rings (SSSR count). The second-order valence-electron chi connectivity index (χ2n) is 10.5. The van der Waals surface area contributed by atoms with Gasteiger partial charge in [0.2, 0.25) is 0 Å². The molecule has 0 bridgehead atoms. The van der Waals surface area contributed by atoms with Gasteiger partial charge in [0.05, 0.1) is 11.6 Å². The van der Waals surface area contributed by atoms with Crippen LogP contribution in [0.2, 0.25) is 10.0 Å². The van der Waals surface area contributed by atoms with Crippen molar-refractivity contribution < 1.29 is 14.7 Å². The van der Waals surface area contributed by atoms with E-state index in [1.54, 1.807) is 42.5 Å². The van der Waals surface area contributed by atoms with Crippen molar-refractivity contribution in [1.29, 1.82) is 0 Å². The van der Waals surface area contributed by atoms with Crippen LogP contribution < -0.4 is 0 Å². The molecule has 1 saturated carbocycles. The summed E-state index contributed by atoms with van der Waals surface area (Å²) in [6.07, 6.45) is 3.50. The van der Waals surface area contributed by atoms with E-state index in [0.29, 0.717) is 27.2 Å². The zero-order chi connectivity index (χ0) is 24.8. The number of carbonyl (C=O) groups is 2. The molecule has 0 saturated heterocycles. The van der Waals surface area contributed by atoms with E-state index in [2.05, 4.69) is 20.8 Å². The number of hydrogen-bond donors (Lipinski definition) is 1. The fourth-order valence-electron chi connectivity index (χ4n) is 5.38. The molecule has 1 aliphatic carbocycles. The Bertz CT molecular complexity index is 1120. The molecule has 1 heterocycles. The van der Waals surface area contributed by atoms with E-state index in [9.17, 15) is 14.7 Å². The number of carboxylic acid groups (broad SMARTS) is 1. The first-order chi connectivity index (χ1) is 15.9. The van der Waals surface area contributed by atoms with Crippen molar-refractivity contribution in [2.45, 2.75) is 65.1 Å². The van der Waals surface area contributed by atoms with Crippen molar-refractivity contribution in [2.24, 2.45) is 16.3 Å². The van der Waals surface area contributed by atoms with E-state index in [-0.39, 0.29) is 22.9 Å². The lowest BCUT2D eigenvalue weighted by Gasteiger charge is -2.46.